The van der Waals surface area contributed by atoms with Gasteiger partial charge in [-0.2, -0.15) is 0 Å². The molecule has 6 heteroatoms. The van der Waals surface area contributed by atoms with E-state index in [4.69, 9.17) is 18.9 Å². The van der Waals surface area contributed by atoms with Crippen LogP contribution in [0.25, 0.3) is 0 Å². The lowest BCUT2D eigenvalue weighted by Gasteiger charge is -2.60. The summed E-state index contributed by atoms with van der Waals surface area (Å²) in [6, 6.07) is 0. The van der Waals surface area contributed by atoms with Crippen LogP contribution in [0.2, 0.25) is 0 Å². The third-order valence-electron chi connectivity index (χ3n) is 17.5. The van der Waals surface area contributed by atoms with E-state index in [2.05, 4.69) is 32.6 Å². The van der Waals surface area contributed by atoms with Gasteiger partial charge in [-0.3, -0.25) is 4.90 Å². The van der Waals surface area contributed by atoms with Gasteiger partial charge >= 0.3 is 0 Å². The van der Waals surface area contributed by atoms with E-state index in [0.717, 1.165) is 55.7 Å². The fraction of sp³-hybridized carbons (Fsp3) is 1.00. The van der Waals surface area contributed by atoms with Crippen LogP contribution in [0.3, 0.4) is 0 Å². The fourth-order valence-corrected chi connectivity index (χ4v) is 15.4. The molecule has 2 aliphatic heterocycles. The number of hydrogen-bond acceptors (Lipinski definition) is 6. The van der Waals surface area contributed by atoms with Gasteiger partial charge in [-0.15, -0.1) is 0 Å². The number of nitrogens with zero attached hydrogens (tertiary/aromatic N) is 1. The minimum atomic E-state index is -0.896. The molecule has 6 saturated carbocycles. The molecule has 0 radical (unpaired) electrons. The number of aliphatic hydroxyl groups is 1. The minimum absolute atomic E-state index is 0.00560. The Labute approximate surface area is 299 Å². The van der Waals surface area contributed by atoms with Gasteiger partial charge in [0.15, 0.2) is 6.29 Å². The SMILES string of the molecule is CCO[C@@H](C1CC[C@H]2C(CC3C4CC[C@H]5C(C)(C)[C@@H](OC6CN(CC7CCCCCC7)CCO6)CCC56[C@@H](C)[C@@]46CC[C@@]32C)O1)C(C)(C)O. The van der Waals surface area contributed by atoms with Crippen molar-refractivity contribution in [1.29, 1.82) is 0 Å². The Kier molecular flexibility index (Phi) is 9.46. The molecule has 2 heterocycles. The molecule has 49 heavy (non-hydrogen) atoms. The summed E-state index contributed by atoms with van der Waals surface area (Å²) >= 11 is 0. The van der Waals surface area contributed by atoms with Crippen molar-refractivity contribution < 1.29 is 24.1 Å². The normalized spacial score (nSPS) is 49.1. The lowest BCUT2D eigenvalue weighted by molar-refractivity contribution is -0.246. The topological polar surface area (TPSA) is 60.4 Å². The lowest BCUT2D eigenvalue weighted by atomic mass is 9.46. The molecular weight excluding hydrogens is 610 g/mol. The van der Waals surface area contributed by atoms with E-state index in [1.54, 1.807) is 0 Å². The Hall–Kier alpha value is -0.240. The molecule has 2 saturated heterocycles. The highest BCUT2D eigenvalue weighted by Crippen LogP contribution is 2.89. The molecule has 8 aliphatic rings. The Balaban J connectivity index is 0.948. The summed E-state index contributed by atoms with van der Waals surface area (Å²) in [7, 11) is 0. The van der Waals surface area contributed by atoms with E-state index < -0.39 is 5.60 Å². The predicted octanol–water partition coefficient (Wildman–Crippen LogP) is 8.63. The van der Waals surface area contributed by atoms with Gasteiger partial charge in [-0.25, -0.2) is 0 Å². The second-order valence-corrected chi connectivity index (χ2v) is 20.2. The Morgan fingerprint density at radius 1 is 0.878 bits per heavy atom. The lowest BCUT2D eigenvalue weighted by Crippen LogP contribution is -2.56. The number of morpholine rings is 1. The second kappa shape index (κ2) is 13.0. The molecule has 0 aromatic carbocycles. The van der Waals surface area contributed by atoms with Crippen molar-refractivity contribution in [1.82, 2.24) is 4.90 Å². The molecule has 2 spiro atoms. The molecule has 0 bridgehead atoms. The number of hydrogen-bond donors (Lipinski definition) is 1. The maximum atomic E-state index is 11.0. The third kappa shape index (κ3) is 5.59. The van der Waals surface area contributed by atoms with E-state index >= 15 is 0 Å². The van der Waals surface area contributed by atoms with Gasteiger partial charge in [0.2, 0.25) is 0 Å². The Morgan fingerprint density at radius 2 is 1.63 bits per heavy atom. The second-order valence-electron chi connectivity index (χ2n) is 20.2. The van der Waals surface area contributed by atoms with Gasteiger partial charge in [0.05, 0.1) is 30.5 Å². The van der Waals surface area contributed by atoms with Crippen molar-refractivity contribution in [2.75, 3.05) is 32.8 Å². The first-order valence-corrected chi connectivity index (χ1v) is 21.3. The molecule has 0 aromatic rings. The number of fused-ring (bicyclic) bond motifs is 4. The Bertz CT molecular complexity index is 1180. The summed E-state index contributed by atoms with van der Waals surface area (Å²) in [6.07, 6.45) is 20.3. The van der Waals surface area contributed by atoms with Gasteiger partial charge in [-0.05, 0) is 149 Å². The monoisotopic (exact) mass is 684 g/mol. The third-order valence-corrected chi connectivity index (χ3v) is 17.5. The van der Waals surface area contributed by atoms with Crippen molar-refractivity contribution in [3.05, 3.63) is 0 Å². The van der Waals surface area contributed by atoms with Gasteiger partial charge in [0.1, 0.15) is 6.10 Å². The van der Waals surface area contributed by atoms with Gasteiger partial charge < -0.3 is 24.1 Å². The van der Waals surface area contributed by atoms with Crippen molar-refractivity contribution in [2.24, 2.45) is 57.2 Å². The largest absolute Gasteiger partial charge is 0.388 e. The van der Waals surface area contributed by atoms with Crippen LogP contribution in [0.15, 0.2) is 0 Å². The fourth-order valence-electron chi connectivity index (χ4n) is 15.4. The van der Waals surface area contributed by atoms with Crippen LogP contribution in [0.4, 0.5) is 0 Å². The first-order valence-electron chi connectivity index (χ1n) is 21.3. The number of rotatable bonds is 8. The van der Waals surface area contributed by atoms with Crippen LogP contribution in [0, 0.1) is 57.2 Å². The Morgan fingerprint density at radius 3 is 2.37 bits per heavy atom. The average molecular weight is 684 g/mol. The van der Waals surface area contributed by atoms with Crippen LogP contribution in [-0.2, 0) is 18.9 Å². The highest BCUT2D eigenvalue weighted by Gasteiger charge is 2.84. The van der Waals surface area contributed by atoms with Gasteiger partial charge in [-0.1, -0.05) is 53.4 Å². The molecule has 8 fully saturated rings. The first kappa shape index (κ1) is 35.8. The average Bonchev–Trinajstić information content (AvgIpc) is 3.58. The van der Waals surface area contributed by atoms with Crippen LogP contribution in [0.5, 0.6) is 0 Å². The first-order chi connectivity index (χ1) is 23.4. The van der Waals surface area contributed by atoms with Crippen LogP contribution in [-0.4, -0.2) is 79.2 Å². The van der Waals surface area contributed by atoms with Gasteiger partial charge in [0, 0.05) is 26.2 Å². The van der Waals surface area contributed by atoms with Crippen LogP contribution >= 0.6 is 0 Å². The van der Waals surface area contributed by atoms with Crippen LogP contribution < -0.4 is 0 Å². The molecule has 0 aromatic heterocycles. The smallest absolute Gasteiger partial charge is 0.170 e. The van der Waals surface area contributed by atoms with Crippen molar-refractivity contribution in [3.8, 4) is 0 Å². The maximum Gasteiger partial charge on any atom is 0.170 e. The zero-order chi connectivity index (χ0) is 34.4. The molecule has 0 amide bonds. The molecule has 6 unspecified atom stereocenters. The molecular formula is C43H73NO5. The summed E-state index contributed by atoms with van der Waals surface area (Å²) in [5.74, 6) is 4.66. The number of ether oxygens (including phenoxy) is 4. The standard InChI is InChI=1S/C43H73NO5/c1-8-46-38(40(5,6)45)33-17-15-31-34(48-33)25-32-30-16-18-35-39(3,4)36(19-20-43(35)28(2)42(30,43)22-21-41(31,32)7)49-37-27-44(23-24-47-37)26-29-13-11-9-10-12-14-29/h28-38,45H,8-27H2,1-7H3/t28-,30?,31-,32?,33?,34?,35-,36-,37?,38-,41+,42-,43?/m0/s1. The van der Waals surface area contributed by atoms with Gasteiger partial charge in [0.25, 0.3) is 0 Å². The van der Waals surface area contributed by atoms with E-state index in [1.807, 2.05) is 20.8 Å². The molecule has 6 aliphatic carbocycles. The molecule has 1 N–H and O–H groups in total. The van der Waals surface area contributed by atoms with Crippen LogP contribution in [0.1, 0.15) is 145 Å². The van der Waals surface area contributed by atoms with E-state index in [9.17, 15) is 5.11 Å². The molecule has 280 valence electrons. The highest BCUT2D eigenvalue weighted by molar-refractivity contribution is 5.32. The van der Waals surface area contributed by atoms with E-state index in [0.29, 0.717) is 34.9 Å². The summed E-state index contributed by atoms with van der Waals surface area (Å²) in [5, 5.41) is 11.0. The molecule has 13 atom stereocenters. The van der Waals surface area contributed by atoms with Crippen molar-refractivity contribution >= 4 is 0 Å². The highest BCUT2D eigenvalue weighted by atomic mass is 16.7. The van der Waals surface area contributed by atoms with Crippen molar-refractivity contribution in [2.45, 2.75) is 181 Å². The zero-order valence-electron chi connectivity index (χ0n) is 32.5. The quantitative estimate of drug-likeness (QED) is 0.259. The predicted molar refractivity (Wildman–Crippen MR) is 194 cm³/mol. The molecule has 6 nitrogen and oxygen atoms in total. The maximum absolute atomic E-state index is 11.0. The zero-order valence-corrected chi connectivity index (χ0v) is 32.5. The molecule has 8 rings (SSSR count). The summed E-state index contributed by atoms with van der Waals surface area (Å²) in [5.41, 5.74) is 0.645. The summed E-state index contributed by atoms with van der Waals surface area (Å²) in [6.45, 7) is 21.0. The van der Waals surface area contributed by atoms with E-state index in [-0.39, 0.29) is 30.0 Å². The minimum Gasteiger partial charge on any atom is -0.388 e. The summed E-state index contributed by atoms with van der Waals surface area (Å²) in [4.78, 5) is 2.68. The summed E-state index contributed by atoms with van der Waals surface area (Å²) < 4.78 is 26.6. The van der Waals surface area contributed by atoms with E-state index in [1.165, 1.54) is 96.4 Å². The van der Waals surface area contributed by atoms with Crippen molar-refractivity contribution in [3.63, 3.8) is 0 Å².